The Morgan fingerprint density at radius 2 is 1.77 bits per heavy atom. The number of amides is 1. The number of hydrogen-bond acceptors (Lipinski definition) is 5. The van der Waals surface area contributed by atoms with Gasteiger partial charge in [-0.2, -0.15) is 0 Å². The van der Waals surface area contributed by atoms with E-state index in [0.717, 1.165) is 56.1 Å². The van der Waals surface area contributed by atoms with Gasteiger partial charge in [-0.25, -0.2) is 4.79 Å². The van der Waals surface area contributed by atoms with Gasteiger partial charge in [-0.3, -0.25) is 4.90 Å². The summed E-state index contributed by atoms with van der Waals surface area (Å²) < 4.78 is 16.5. The standard InChI is InChI=1S/C23H25ClN2O4/c24-18-2-4-19(5-3-18)26-14-20(30-23(26)27)9-12-25-10-7-16(8-11-25)17-1-6-21-22(13-17)29-15-28-21/h1-6,13,16,20H,7-12,14-15H2. The summed E-state index contributed by atoms with van der Waals surface area (Å²) in [6.45, 7) is 3.97. The molecule has 0 radical (unpaired) electrons. The number of carbonyl (C=O) groups is 1. The van der Waals surface area contributed by atoms with Gasteiger partial charge in [-0.1, -0.05) is 17.7 Å². The molecule has 0 aromatic heterocycles. The van der Waals surface area contributed by atoms with Crippen LogP contribution in [0, 0.1) is 0 Å². The number of rotatable bonds is 5. The summed E-state index contributed by atoms with van der Waals surface area (Å²) in [4.78, 5) is 16.4. The number of piperidine rings is 1. The molecule has 30 heavy (non-hydrogen) atoms. The summed E-state index contributed by atoms with van der Waals surface area (Å²) in [7, 11) is 0. The van der Waals surface area contributed by atoms with E-state index in [1.807, 2.05) is 18.2 Å². The van der Waals surface area contributed by atoms with E-state index in [2.05, 4.69) is 17.0 Å². The molecule has 2 aromatic carbocycles. The van der Waals surface area contributed by atoms with E-state index in [1.165, 1.54) is 5.56 Å². The summed E-state index contributed by atoms with van der Waals surface area (Å²) in [5, 5.41) is 0.659. The first-order valence-electron chi connectivity index (χ1n) is 10.5. The number of benzene rings is 2. The highest BCUT2D eigenvalue weighted by atomic mass is 35.5. The molecule has 5 rings (SSSR count). The Kier molecular flexibility index (Phi) is 5.44. The van der Waals surface area contributed by atoms with Crippen LogP contribution in [0.25, 0.3) is 0 Å². The van der Waals surface area contributed by atoms with Gasteiger partial charge in [-0.15, -0.1) is 0 Å². The van der Waals surface area contributed by atoms with Gasteiger partial charge in [-0.05, 0) is 80.2 Å². The van der Waals surface area contributed by atoms with Crippen molar-refractivity contribution in [2.75, 3.05) is 37.9 Å². The molecule has 2 fully saturated rings. The second kappa shape index (κ2) is 8.36. The molecule has 3 aliphatic rings. The molecule has 0 bridgehead atoms. The Balaban J connectivity index is 1.10. The lowest BCUT2D eigenvalue weighted by Gasteiger charge is -2.32. The smallest absolute Gasteiger partial charge is 0.414 e. The number of fused-ring (bicyclic) bond motifs is 1. The molecule has 2 aromatic rings. The van der Waals surface area contributed by atoms with Gasteiger partial charge >= 0.3 is 6.09 Å². The molecule has 3 aliphatic heterocycles. The fourth-order valence-electron chi connectivity index (χ4n) is 4.49. The maximum Gasteiger partial charge on any atom is 0.414 e. The monoisotopic (exact) mass is 428 g/mol. The van der Waals surface area contributed by atoms with E-state index in [-0.39, 0.29) is 12.2 Å². The highest BCUT2D eigenvalue weighted by Gasteiger charge is 2.33. The van der Waals surface area contributed by atoms with E-state index < -0.39 is 0 Å². The highest BCUT2D eigenvalue weighted by molar-refractivity contribution is 6.30. The van der Waals surface area contributed by atoms with Crippen LogP contribution in [0.5, 0.6) is 11.5 Å². The van der Waals surface area contributed by atoms with Gasteiger partial charge in [0.25, 0.3) is 0 Å². The Bertz CT molecular complexity index is 912. The minimum Gasteiger partial charge on any atom is -0.454 e. The van der Waals surface area contributed by atoms with Crippen molar-refractivity contribution in [1.82, 2.24) is 4.90 Å². The maximum absolute atomic E-state index is 12.2. The second-order valence-corrected chi connectivity index (χ2v) is 8.55. The first-order valence-corrected chi connectivity index (χ1v) is 10.9. The number of likely N-dealkylation sites (tertiary alicyclic amines) is 1. The zero-order valence-corrected chi connectivity index (χ0v) is 17.5. The third-order valence-electron chi connectivity index (χ3n) is 6.24. The summed E-state index contributed by atoms with van der Waals surface area (Å²) in [5.41, 5.74) is 2.17. The van der Waals surface area contributed by atoms with Crippen LogP contribution in [-0.4, -0.2) is 50.1 Å². The van der Waals surface area contributed by atoms with Crippen LogP contribution in [-0.2, 0) is 4.74 Å². The molecular formula is C23H25ClN2O4. The van der Waals surface area contributed by atoms with Crippen molar-refractivity contribution < 1.29 is 19.0 Å². The lowest BCUT2D eigenvalue weighted by atomic mass is 9.89. The van der Waals surface area contributed by atoms with Crippen molar-refractivity contribution in [3.05, 3.63) is 53.1 Å². The van der Waals surface area contributed by atoms with E-state index in [4.69, 9.17) is 25.8 Å². The van der Waals surface area contributed by atoms with Crippen molar-refractivity contribution in [2.24, 2.45) is 0 Å². The third-order valence-corrected chi connectivity index (χ3v) is 6.49. The van der Waals surface area contributed by atoms with Crippen molar-refractivity contribution in [2.45, 2.75) is 31.3 Å². The van der Waals surface area contributed by atoms with E-state index in [1.54, 1.807) is 17.0 Å². The number of cyclic esters (lactones) is 1. The zero-order chi connectivity index (χ0) is 20.5. The van der Waals surface area contributed by atoms with Gasteiger partial charge in [0, 0.05) is 17.3 Å². The topological polar surface area (TPSA) is 51.2 Å². The Morgan fingerprint density at radius 3 is 2.57 bits per heavy atom. The van der Waals surface area contributed by atoms with Crippen LogP contribution in [0.4, 0.5) is 10.5 Å². The maximum atomic E-state index is 12.2. The summed E-state index contributed by atoms with van der Waals surface area (Å²) in [5.74, 6) is 2.26. The highest BCUT2D eigenvalue weighted by Crippen LogP contribution is 2.37. The van der Waals surface area contributed by atoms with Crippen molar-refractivity contribution in [3.8, 4) is 11.5 Å². The number of anilines is 1. The molecule has 1 unspecified atom stereocenters. The summed E-state index contributed by atoms with van der Waals surface area (Å²) in [6, 6.07) is 13.6. The van der Waals surface area contributed by atoms with Gasteiger partial charge in [0.2, 0.25) is 6.79 Å². The molecule has 0 saturated carbocycles. The number of hydrogen-bond donors (Lipinski definition) is 0. The second-order valence-electron chi connectivity index (χ2n) is 8.11. The van der Waals surface area contributed by atoms with Crippen LogP contribution in [0.2, 0.25) is 5.02 Å². The minimum absolute atomic E-state index is 0.0697. The number of halogens is 1. The molecule has 3 heterocycles. The summed E-state index contributed by atoms with van der Waals surface area (Å²) >= 11 is 5.94. The van der Waals surface area contributed by atoms with Crippen LogP contribution < -0.4 is 14.4 Å². The minimum atomic E-state index is -0.274. The van der Waals surface area contributed by atoms with Gasteiger partial charge in [0.1, 0.15) is 6.10 Å². The molecule has 1 atom stereocenters. The Labute approximate surface area is 181 Å². The van der Waals surface area contributed by atoms with Crippen molar-refractivity contribution >= 4 is 23.4 Å². The van der Waals surface area contributed by atoms with Crippen LogP contribution in [0.3, 0.4) is 0 Å². The van der Waals surface area contributed by atoms with Crippen molar-refractivity contribution in [3.63, 3.8) is 0 Å². The number of nitrogens with zero attached hydrogens (tertiary/aromatic N) is 2. The Hall–Kier alpha value is -2.44. The van der Waals surface area contributed by atoms with Crippen LogP contribution in [0.1, 0.15) is 30.7 Å². The molecule has 0 aliphatic carbocycles. The third kappa shape index (κ3) is 4.07. The quantitative estimate of drug-likeness (QED) is 0.693. The Morgan fingerprint density at radius 1 is 1.00 bits per heavy atom. The lowest BCUT2D eigenvalue weighted by Crippen LogP contribution is -2.35. The fraction of sp³-hybridized carbons (Fsp3) is 0.435. The zero-order valence-electron chi connectivity index (χ0n) is 16.8. The number of ether oxygens (including phenoxy) is 3. The van der Waals surface area contributed by atoms with E-state index in [9.17, 15) is 4.79 Å². The predicted octanol–water partition coefficient (Wildman–Crippen LogP) is 4.66. The normalized spacial score (nSPS) is 21.8. The molecule has 0 spiro atoms. The fourth-order valence-corrected chi connectivity index (χ4v) is 4.61. The van der Waals surface area contributed by atoms with Gasteiger partial charge in [0.15, 0.2) is 11.5 Å². The number of carbonyl (C=O) groups excluding carboxylic acids is 1. The van der Waals surface area contributed by atoms with E-state index in [0.29, 0.717) is 24.3 Å². The molecule has 1 amide bonds. The lowest BCUT2D eigenvalue weighted by molar-refractivity contribution is 0.120. The average Bonchev–Trinajstić information content (AvgIpc) is 3.39. The molecule has 6 nitrogen and oxygen atoms in total. The van der Waals surface area contributed by atoms with Crippen LogP contribution in [0.15, 0.2) is 42.5 Å². The van der Waals surface area contributed by atoms with Gasteiger partial charge in [0.05, 0.1) is 6.54 Å². The molecule has 2 saturated heterocycles. The molecule has 7 heteroatoms. The molecule has 158 valence electrons. The predicted molar refractivity (Wildman–Crippen MR) is 115 cm³/mol. The SMILES string of the molecule is O=C1OC(CCN2CCC(c3ccc4c(c3)OCO4)CC2)CN1c1ccc(Cl)cc1. The van der Waals surface area contributed by atoms with Crippen molar-refractivity contribution in [1.29, 1.82) is 0 Å². The summed E-state index contributed by atoms with van der Waals surface area (Å²) in [6.07, 6.45) is 2.76. The first-order chi connectivity index (χ1) is 14.7. The first kappa shape index (κ1) is 19.5. The molecular weight excluding hydrogens is 404 g/mol. The molecule has 0 N–H and O–H groups in total. The largest absolute Gasteiger partial charge is 0.454 e. The average molecular weight is 429 g/mol. The van der Waals surface area contributed by atoms with Crippen LogP contribution >= 0.6 is 11.6 Å². The van der Waals surface area contributed by atoms with Gasteiger partial charge < -0.3 is 19.1 Å². The van der Waals surface area contributed by atoms with E-state index >= 15 is 0 Å².